The van der Waals surface area contributed by atoms with Crippen molar-refractivity contribution in [3.8, 4) is 5.75 Å². The number of carbonyl (C=O) groups excluding carboxylic acids is 1. The Kier molecular flexibility index (Phi) is 6.94. The van der Waals surface area contributed by atoms with E-state index in [-0.39, 0.29) is 24.3 Å². The van der Waals surface area contributed by atoms with Gasteiger partial charge >= 0.3 is 0 Å². The van der Waals surface area contributed by atoms with Crippen LogP contribution in [0.25, 0.3) is 0 Å². The molecule has 1 heterocycles. The van der Waals surface area contributed by atoms with E-state index in [0.29, 0.717) is 11.3 Å². The number of halogens is 2. The summed E-state index contributed by atoms with van der Waals surface area (Å²) >= 11 is 0. The molecule has 2 aromatic rings. The van der Waals surface area contributed by atoms with Gasteiger partial charge in [0, 0.05) is 25.1 Å². The molecule has 10 heteroatoms. The van der Waals surface area contributed by atoms with E-state index in [9.17, 15) is 27.8 Å². The van der Waals surface area contributed by atoms with Gasteiger partial charge in [0.1, 0.15) is 28.3 Å². The summed E-state index contributed by atoms with van der Waals surface area (Å²) < 4.78 is 52.2. The lowest BCUT2D eigenvalue weighted by Gasteiger charge is -2.38. The van der Waals surface area contributed by atoms with E-state index in [2.05, 4.69) is 10.6 Å². The van der Waals surface area contributed by atoms with Crippen LogP contribution in [0.1, 0.15) is 24.1 Å². The summed E-state index contributed by atoms with van der Waals surface area (Å²) in [5.41, 5.74) is 0.995. The Morgan fingerprint density at radius 1 is 1.23 bits per heavy atom. The SMILES string of the molecule is CC(=O)N[C@@H](Cc1cc(F)cc(F)c1)[C@H](O)CNC1CS(O)(O)Oc2ccccc21. The first-order chi connectivity index (χ1) is 14.1. The fourth-order valence-electron chi connectivity index (χ4n) is 3.43. The highest BCUT2D eigenvalue weighted by Gasteiger charge is 2.34. The van der Waals surface area contributed by atoms with Crippen LogP contribution >= 0.6 is 10.9 Å². The van der Waals surface area contributed by atoms with Crippen LogP contribution in [0.2, 0.25) is 0 Å². The van der Waals surface area contributed by atoms with Crippen molar-refractivity contribution < 1.29 is 32.0 Å². The Balaban J connectivity index is 1.71. The van der Waals surface area contributed by atoms with Crippen LogP contribution in [-0.2, 0) is 11.2 Å². The third-order valence-corrected chi connectivity index (χ3v) is 5.92. The monoisotopic (exact) mass is 442 g/mol. The molecule has 0 fully saturated rings. The number of amides is 1. The van der Waals surface area contributed by atoms with Gasteiger partial charge < -0.3 is 19.9 Å². The molecule has 0 aromatic heterocycles. The van der Waals surface area contributed by atoms with E-state index in [0.717, 1.165) is 18.2 Å². The predicted molar refractivity (Wildman–Crippen MR) is 109 cm³/mol. The summed E-state index contributed by atoms with van der Waals surface area (Å²) in [5, 5.41) is 16.3. The van der Waals surface area contributed by atoms with Gasteiger partial charge in [-0.05, 0) is 30.2 Å². The normalized spacial score (nSPS) is 20.4. The zero-order chi connectivity index (χ0) is 21.9. The van der Waals surface area contributed by atoms with E-state index in [1.54, 1.807) is 24.3 Å². The lowest BCUT2D eigenvalue weighted by molar-refractivity contribution is -0.120. The molecule has 2 aromatic carbocycles. The van der Waals surface area contributed by atoms with Gasteiger partial charge in [-0.1, -0.05) is 18.2 Å². The maximum absolute atomic E-state index is 13.5. The number of hydrogen-bond donors (Lipinski definition) is 5. The van der Waals surface area contributed by atoms with Crippen LogP contribution < -0.4 is 14.8 Å². The van der Waals surface area contributed by atoms with Crippen molar-refractivity contribution in [2.45, 2.75) is 31.5 Å². The molecule has 1 aliphatic rings. The summed E-state index contributed by atoms with van der Waals surface area (Å²) in [6, 6.07) is 8.59. The fourth-order valence-corrected chi connectivity index (χ4v) is 4.67. The van der Waals surface area contributed by atoms with Gasteiger partial charge in [-0.25, -0.2) is 8.78 Å². The number of aliphatic hydroxyl groups excluding tert-OH is 1. The first kappa shape index (κ1) is 22.4. The number of carbonyl (C=O) groups is 1. The smallest absolute Gasteiger partial charge is 0.217 e. The highest BCUT2D eigenvalue weighted by atomic mass is 32.3. The van der Waals surface area contributed by atoms with Gasteiger partial charge in [0.25, 0.3) is 0 Å². The Hall–Kier alpha value is -2.24. The molecule has 30 heavy (non-hydrogen) atoms. The number of para-hydroxylation sites is 1. The zero-order valence-corrected chi connectivity index (χ0v) is 17.0. The Morgan fingerprint density at radius 2 is 1.90 bits per heavy atom. The second kappa shape index (κ2) is 9.27. The van der Waals surface area contributed by atoms with E-state index in [1.807, 2.05) is 0 Å². The third kappa shape index (κ3) is 5.89. The Labute approximate surface area is 174 Å². The van der Waals surface area contributed by atoms with Crippen molar-refractivity contribution in [1.29, 1.82) is 0 Å². The summed E-state index contributed by atoms with van der Waals surface area (Å²) in [7, 11) is -3.29. The van der Waals surface area contributed by atoms with Crippen LogP contribution in [0.15, 0.2) is 42.5 Å². The van der Waals surface area contributed by atoms with Gasteiger partial charge in [-0.2, -0.15) is 0 Å². The molecule has 1 aliphatic heterocycles. The third-order valence-electron chi connectivity index (χ3n) is 4.71. The molecule has 7 nitrogen and oxygen atoms in total. The first-order valence-electron chi connectivity index (χ1n) is 9.31. The van der Waals surface area contributed by atoms with Gasteiger partial charge in [0.2, 0.25) is 5.91 Å². The van der Waals surface area contributed by atoms with E-state index in [4.69, 9.17) is 4.18 Å². The molecule has 3 atom stereocenters. The number of rotatable bonds is 7. The molecule has 5 N–H and O–H groups in total. The number of benzene rings is 2. The van der Waals surface area contributed by atoms with Gasteiger partial charge in [0.15, 0.2) is 0 Å². The summed E-state index contributed by atoms with van der Waals surface area (Å²) in [4.78, 5) is 11.6. The molecular weight excluding hydrogens is 418 g/mol. The maximum atomic E-state index is 13.5. The minimum atomic E-state index is -3.29. The minimum absolute atomic E-state index is 0.0106. The van der Waals surface area contributed by atoms with Crippen LogP contribution in [0.5, 0.6) is 5.75 Å². The highest BCUT2D eigenvalue weighted by molar-refractivity contribution is 8.20. The molecule has 0 radical (unpaired) electrons. The Bertz CT molecular complexity index is 894. The Morgan fingerprint density at radius 3 is 2.57 bits per heavy atom. The molecule has 164 valence electrons. The zero-order valence-electron chi connectivity index (χ0n) is 16.2. The quantitative estimate of drug-likeness (QED) is 0.451. The molecule has 0 saturated heterocycles. The van der Waals surface area contributed by atoms with Gasteiger partial charge in [-0.15, -0.1) is 0 Å². The highest BCUT2D eigenvalue weighted by Crippen LogP contribution is 2.50. The topological polar surface area (TPSA) is 111 Å². The second-order valence-corrected chi connectivity index (χ2v) is 8.93. The lowest BCUT2D eigenvalue weighted by atomic mass is 10.00. The summed E-state index contributed by atoms with van der Waals surface area (Å²) in [6.45, 7) is 1.26. The molecule has 1 unspecified atom stereocenters. The molecule has 0 saturated carbocycles. The van der Waals surface area contributed by atoms with Crippen LogP contribution in [0, 0.1) is 11.6 Å². The molecular formula is C20H24F2N2O5S. The average molecular weight is 442 g/mol. The lowest BCUT2D eigenvalue weighted by Crippen LogP contribution is -2.49. The standard InChI is InChI=1S/C20H24F2N2O5S/c1-12(25)24-17(8-13-6-14(21)9-15(22)7-13)19(26)10-23-18-11-30(27,28)29-20-5-3-2-4-16(18)20/h2-7,9,17-19,23,26-28H,8,10-11H2,1H3,(H,24,25)/t17-,18?,19+/m0/s1. The van der Waals surface area contributed by atoms with Crippen molar-refractivity contribution in [2.75, 3.05) is 12.3 Å². The van der Waals surface area contributed by atoms with E-state index in [1.165, 1.54) is 6.92 Å². The van der Waals surface area contributed by atoms with Crippen molar-refractivity contribution in [3.63, 3.8) is 0 Å². The maximum Gasteiger partial charge on any atom is 0.217 e. The fraction of sp³-hybridized carbons (Fsp3) is 0.350. The summed E-state index contributed by atoms with van der Waals surface area (Å²) in [5.74, 6) is -1.66. The van der Waals surface area contributed by atoms with Crippen molar-refractivity contribution in [1.82, 2.24) is 10.6 Å². The van der Waals surface area contributed by atoms with Crippen LogP contribution in [-0.4, -0.2) is 44.6 Å². The van der Waals surface area contributed by atoms with Crippen molar-refractivity contribution in [2.24, 2.45) is 0 Å². The number of hydrogen-bond acceptors (Lipinski definition) is 6. The van der Waals surface area contributed by atoms with E-state index < -0.39 is 46.6 Å². The minimum Gasteiger partial charge on any atom is -0.403 e. The predicted octanol–water partition coefficient (Wildman–Crippen LogP) is 2.76. The van der Waals surface area contributed by atoms with Crippen LogP contribution in [0.4, 0.5) is 8.78 Å². The average Bonchev–Trinajstić information content (AvgIpc) is 2.63. The largest absolute Gasteiger partial charge is 0.403 e. The second-order valence-electron chi connectivity index (χ2n) is 7.21. The molecule has 1 amide bonds. The van der Waals surface area contributed by atoms with E-state index >= 15 is 0 Å². The number of nitrogens with one attached hydrogen (secondary N) is 2. The van der Waals surface area contributed by atoms with Gasteiger partial charge in [0.05, 0.1) is 23.9 Å². The number of fused-ring (bicyclic) bond motifs is 1. The van der Waals surface area contributed by atoms with Gasteiger partial charge in [-0.3, -0.25) is 13.9 Å². The summed E-state index contributed by atoms with van der Waals surface area (Å²) in [6.07, 6.45) is -1.10. The van der Waals surface area contributed by atoms with Crippen molar-refractivity contribution in [3.05, 3.63) is 65.2 Å². The number of aliphatic hydroxyl groups is 1. The first-order valence-corrected chi connectivity index (χ1v) is 10.9. The molecule has 0 spiro atoms. The van der Waals surface area contributed by atoms with Crippen LogP contribution in [0.3, 0.4) is 0 Å². The van der Waals surface area contributed by atoms with Crippen molar-refractivity contribution >= 4 is 16.8 Å². The molecule has 3 rings (SSSR count). The molecule has 0 bridgehead atoms. The molecule has 0 aliphatic carbocycles.